The average molecular weight is 401 g/mol. The van der Waals surface area contributed by atoms with E-state index in [1.807, 2.05) is 31.2 Å². The summed E-state index contributed by atoms with van der Waals surface area (Å²) < 4.78 is 41.5. The number of carbonyl (C=O) groups excluding carboxylic acids is 2. The molecule has 0 aliphatic rings. The topological polar surface area (TPSA) is 80.3 Å². The maximum atomic E-state index is 12.0. The van der Waals surface area contributed by atoms with Gasteiger partial charge in [-0.3, -0.25) is 9.59 Å². The SMILES string of the molecule is Cc1ccc(OCc2nc(CC(=O)NCC(=O)NCC(F)(F)F)cs2)cc1. The van der Waals surface area contributed by atoms with Gasteiger partial charge in [-0.05, 0) is 19.1 Å². The molecular formula is C17H18F3N3O3S. The van der Waals surface area contributed by atoms with E-state index in [4.69, 9.17) is 4.74 Å². The van der Waals surface area contributed by atoms with Crippen LogP contribution in [0.2, 0.25) is 0 Å². The van der Waals surface area contributed by atoms with Gasteiger partial charge in [-0.25, -0.2) is 4.98 Å². The molecule has 0 fully saturated rings. The van der Waals surface area contributed by atoms with Crippen LogP contribution in [0.1, 0.15) is 16.3 Å². The van der Waals surface area contributed by atoms with Gasteiger partial charge in [0.25, 0.3) is 0 Å². The number of halogens is 3. The number of thiazole rings is 1. The van der Waals surface area contributed by atoms with Gasteiger partial charge in [-0.2, -0.15) is 13.2 Å². The van der Waals surface area contributed by atoms with Gasteiger partial charge in [0.15, 0.2) is 0 Å². The first-order chi connectivity index (χ1) is 12.7. The average Bonchev–Trinajstić information content (AvgIpc) is 3.04. The minimum atomic E-state index is -4.49. The zero-order chi connectivity index (χ0) is 19.9. The number of hydrogen-bond acceptors (Lipinski definition) is 5. The number of nitrogens with zero attached hydrogens (tertiary/aromatic N) is 1. The predicted molar refractivity (Wildman–Crippen MR) is 93.4 cm³/mol. The molecule has 6 nitrogen and oxygen atoms in total. The molecule has 2 N–H and O–H groups in total. The van der Waals surface area contributed by atoms with Gasteiger partial charge in [-0.1, -0.05) is 17.7 Å². The zero-order valence-corrected chi connectivity index (χ0v) is 15.2. The van der Waals surface area contributed by atoms with E-state index in [1.54, 1.807) is 10.7 Å². The maximum absolute atomic E-state index is 12.0. The molecule has 27 heavy (non-hydrogen) atoms. The van der Waals surface area contributed by atoms with Crippen LogP contribution < -0.4 is 15.4 Å². The minimum absolute atomic E-state index is 0.0758. The van der Waals surface area contributed by atoms with Gasteiger partial charge in [0.2, 0.25) is 11.8 Å². The van der Waals surface area contributed by atoms with Crippen LogP contribution >= 0.6 is 11.3 Å². The van der Waals surface area contributed by atoms with Gasteiger partial charge in [0, 0.05) is 5.38 Å². The Balaban J connectivity index is 1.72. The predicted octanol–water partition coefficient (Wildman–Crippen LogP) is 2.37. The van der Waals surface area contributed by atoms with Crippen LogP contribution in [0.3, 0.4) is 0 Å². The van der Waals surface area contributed by atoms with Crippen LogP contribution in [0.5, 0.6) is 5.75 Å². The van der Waals surface area contributed by atoms with Crippen molar-refractivity contribution >= 4 is 23.2 Å². The summed E-state index contributed by atoms with van der Waals surface area (Å²) in [6.45, 7) is 0.275. The molecule has 0 aliphatic heterocycles. The molecule has 1 aromatic carbocycles. The highest BCUT2D eigenvalue weighted by molar-refractivity contribution is 7.09. The van der Waals surface area contributed by atoms with Crippen molar-refractivity contribution in [2.45, 2.75) is 26.1 Å². The number of benzene rings is 1. The molecule has 0 saturated carbocycles. The van der Waals surface area contributed by atoms with Crippen molar-refractivity contribution in [2.24, 2.45) is 0 Å². The lowest BCUT2D eigenvalue weighted by Gasteiger charge is -2.08. The Morgan fingerprint density at radius 3 is 2.52 bits per heavy atom. The minimum Gasteiger partial charge on any atom is -0.486 e. The summed E-state index contributed by atoms with van der Waals surface area (Å²) in [5, 5.41) is 6.30. The number of aromatic nitrogens is 1. The lowest BCUT2D eigenvalue weighted by atomic mass is 10.2. The highest BCUT2D eigenvalue weighted by atomic mass is 32.1. The highest BCUT2D eigenvalue weighted by Crippen LogP contribution is 2.16. The van der Waals surface area contributed by atoms with Crippen LogP contribution in [0.15, 0.2) is 29.6 Å². The van der Waals surface area contributed by atoms with E-state index in [-0.39, 0.29) is 13.0 Å². The van der Waals surface area contributed by atoms with Gasteiger partial charge in [0.05, 0.1) is 18.7 Å². The number of carbonyl (C=O) groups is 2. The first-order valence-electron chi connectivity index (χ1n) is 7.94. The molecular weight excluding hydrogens is 383 g/mol. The number of hydrogen-bond donors (Lipinski definition) is 2. The largest absolute Gasteiger partial charge is 0.486 e. The summed E-state index contributed by atoms with van der Waals surface area (Å²) in [7, 11) is 0. The normalized spacial score (nSPS) is 11.1. The first kappa shape index (κ1) is 20.7. The maximum Gasteiger partial charge on any atom is 0.405 e. The summed E-state index contributed by atoms with van der Waals surface area (Å²) in [6, 6.07) is 7.55. The van der Waals surface area contributed by atoms with E-state index in [0.717, 1.165) is 5.56 Å². The number of nitrogens with one attached hydrogen (secondary N) is 2. The van der Waals surface area contributed by atoms with Gasteiger partial charge in [-0.15, -0.1) is 11.3 Å². The van der Waals surface area contributed by atoms with Crippen LogP contribution in [0.25, 0.3) is 0 Å². The van der Waals surface area contributed by atoms with Crippen molar-refractivity contribution in [1.29, 1.82) is 0 Å². The Morgan fingerprint density at radius 1 is 1.15 bits per heavy atom. The fourth-order valence-electron chi connectivity index (χ4n) is 1.94. The van der Waals surface area contributed by atoms with Crippen LogP contribution in [-0.4, -0.2) is 36.1 Å². The Hall–Kier alpha value is -2.62. The highest BCUT2D eigenvalue weighted by Gasteiger charge is 2.27. The standard InChI is InChI=1S/C17H18F3N3O3S/c1-11-2-4-13(5-3-11)26-8-16-23-12(9-27-16)6-14(24)21-7-15(25)22-10-17(18,19)20/h2-5,9H,6-8,10H2,1H3,(H,21,24)(H,22,25). The van der Waals surface area contributed by atoms with E-state index < -0.39 is 31.1 Å². The molecule has 2 aromatic rings. The number of amides is 2. The smallest absolute Gasteiger partial charge is 0.405 e. The summed E-state index contributed by atoms with van der Waals surface area (Å²) in [4.78, 5) is 27.3. The van der Waals surface area contributed by atoms with Gasteiger partial charge >= 0.3 is 6.18 Å². The first-order valence-corrected chi connectivity index (χ1v) is 8.82. The molecule has 0 atom stereocenters. The second-order valence-electron chi connectivity index (χ2n) is 5.68. The number of rotatable bonds is 8. The van der Waals surface area contributed by atoms with E-state index >= 15 is 0 Å². The molecule has 0 radical (unpaired) electrons. The van der Waals surface area contributed by atoms with Crippen molar-refractivity contribution in [3.05, 3.63) is 45.9 Å². The number of alkyl halides is 3. The fourth-order valence-corrected chi connectivity index (χ4v) is 2.65. The molecule has 2 rings (SSSR count). The van der Waals surface area contributed by atoms with Gasteiger partial charge < -0.3 is 15.4 Å². The van der Waals surface area contributed by atoms with Crippen molar-refractivity contribution in [1.82, 2.24) is 15.6 Å². The molecule has 1 aromatic heterocycles. The Labute approximate surface area is 157 Å². The van der Waals surface area contributed by atoms with Crippen LogP contribution in [0.4, 0.5) is 13.2 Å². The van der Waals surface area contributed by atoms with E-state index in [2.05, 4.69) is 10.3 Å². The Bertz CT molecular complexity index is 776. The third-order valence-corrected chi connectivity index (χ3v) is 4.13. The molecule has 1 heterocycles. The lowest BCUT2D eigenvalue weighted by molar-refractivity contribution is -0.138. The Morgan fingerprint density at radius 2 is 1.85 bits per heavy atom. The molecule has 10 heteroatoms. The van der Waals surface area contributed by atoms with E-state index in [9.17, 15) is 22.8 Å². The molecule has 0 aliphatic carbocycles. The molecule has 2 amide bonds. The van der Waals surface area contributed by atoms with E-state index in [0.29, 0.717) is 16.5 Å². The van der Waals surface area contributed by atoms with Crippen LogP contribution in [-0.2, 0) is 22.6 Å². The third-order valence-electron chi connectivity index (χ3n) is 3.26. The molecule has 0 saturated heterocycles. The van der Waals surface area contributed by atoms with Crippen LogP contribution in [0, 0.1) is 6.92 Å². The summed E-state index contributed by atoms with van der Waals surface area (Å²) >= 11 is 1.33. The number of aryl methyl sites for hydroxylation is 1. The Kier molecular flexibility index (Phi) is 7.17. The number of ether oxygens (including phenoxy) is 1. The van der Waals surface area contributed by atoms with Crippen molar-refractivity contribution in [3.8, 4) is 5.75 Å². The van der Waals surface area contributed by atoms with Gasteiger partial charge in [0.1, 0.15) is 23.9 Å². The summed E-state index contributed by atoms with van der Waals surface area (Å²) in [5.74, 6) is -0.709. The second kappa shape index (κ2) is 9.36. The summed E-state index contributed by atoms with van der Waals surface area (Å²) in [5.41, 5.74) is 1.62. The summed E-state index contributed by atoms with van der Waals surface area (Å²) in [6.07, 6.45) is -4.56. The monoisotopic (exact) mass is 401 g/mol. The third kappa shape index (κ3) is 8.07. The van der Waals surface area contributed by atoms with Crippen molar-refractivity contribution in [3.63, 3.8) is 0 Å². The van der Waals surface area contributed by atoms with E-state index in [1.165, 1.54) is 11.3 Å². The molecule has 146 valence electrons. The molecule has 0 unspecified atom stereocenters. The second-order valence-corrected chi connectivity index (χ2v) is 6.62. The zero-order valence-electron chi connectivity index (χ0n) is 14.4. The van der Waals surface area contributed by atoms with Crippen molar-refractivity contribution < 1.29 is 27.5 Å². The fraction of sp³-hybridized carbons (Fsp3) is 0.353. The molecule has 0 bridgehead atoms. The quantitative estimate of drug-likeness (QED) is 0.712. The van der Waals surface area contributed by atoms with Crippen molar-refractivity contribution in [2.75, 3.05) is 13.1 Å². The lowest BCUT2D eigenvalue weighted by Crippen LogP contribution is -2.41. The molecule has 0 spiro atoms.